The van der Waals surface area contributed by atoms with Crippen LogP contribution in [0.3, 0.4) is 0 Å². The fourth-order valence-electron chi connectivity index (χ4n) is 3.55. The minimum atomic E-state index is -2.54. The Morgan fingerprint density at radius 1 is 1.19 bits per heavy atom. The smallest absolute Gasteiger partial charge is 0.251 e. The lowest BCUT2D eigenvalue weighted by atomic mass is 10.1. The number of aromatic nitrogens is 2. The molecule has 0 unspecified atom stereocenters. The molecule has 0 saturated carbocycles. The number of amides is 1. The van der Waals surface area contributed by atoms with Gasteiger partial charge in [-0.25, -0.2) is 13.8 Å². The van der Waals surface area contributed by atoms with Crippen molar-refractivity contribution in [1.29, 1.82) is 0 Å². The standard InChI is InChI=1S/C19H21N3.C6H9F2NO/c1-13(2)21-15(4)16-5-7-18(8-6-16)22-10-9-17-11-14(3)12-20-19(17)22;7-6(8)1-3-9(5-10)4-2-6/h5-13,21H,4H2,1-3H3;5H,1-4H2. The normalized spacial score (nSPS) is 15.2. The van der Waals surface area contributed by atoms with Crippen molar-refractivity contribution in [2.45, 2.75) is 45.6 Å². The predicted octanol–water partition coefficient (Wildman–Crippen LogP) is 5.18. The summed E-state index contributed by atoms with van der Waals surface area (Å²) in [6, 6.07) is 13.0. The molecule has 1 aliphatic rings. The van der Waals surface area contributed by atoms with Gasteiger partial charge in [-0.1, -0.05) is 18.7 Å². The molecule has 1 aromatic carbocycles. The Labute approximate surface area is 187 Å². The first-order chi connectivity index (χ1) is 15.2. The Balaban J connectivity index is 0.000000243. The van der Waals surface area contributed by atoms with E-state index in [2.05, 4.69) is 84.8 Å². The molecule has 3 heterocycles. The summed E-state index contributed by atoms with van der Waals surface area (Å²) in [6.45, 7) is 10.8. The number of halogens is 2. The second-order valence-electron chi connectivity index (χ2n) is 8.43. The molecule has 4 rings (SSSR count). The van der Waals surface area contributed by atoms with Gasteiger partial charge in [-0.2, -0.15) is 0 Å². The number of pyridine rings is 1. The van der Waals surface area contributed by atoms with Crippen LogP contribution in [0.4, 0.5) is 8.78 Å². The molecular formula is C25H30F2N4O. The number of piperidine rings is 1. The van der Waals surface area contributed by atoms with E-state index in [1.54, 1.807) is 0 Å². The topological polar surface area (TPSA) is 50.2 Å². The number of alkyl halides is 2. The third-order valence-corrected chi connectivity index (χ3v) is 5.30. The zero-order chi connectivity index (χ0) is 23.3. The Morgan fingerprint density at radius 2 is 1.84 bits per heavy atom. The van der Waals surface area contributed by atoms with Gasteiger partial charge in [0.05, 0.1) is 0 Å². The number of carbonyl (C=O) groups excluding carboxylic acids is 1. The van der Waals surface area contributed by atoms with E-state index >= 15 is 0 Å². The number of likely N-dealkylation sites (tertiary alicyclic amines) is 1. The number of aryl methyl sites for hydroxylation is 1. The van der Waals surface area contributed by atoms with Crippen molar-refractivity contribution in [3.63, 3.8) is 0 Å². The van der Waals surface area contributed by atoms with E-state index in [1.807, 2.05) is 6.20 Å². The summed E-state index contributed by atoms with van der Waals surface area (Å²) in [5, 5.41) is 4.50. The highest BCUT2D eigenvalue weighted by Crippen LogP contribution is 2.26. The van der Waals surface area contributed by atoms with Crippen molar-refractivity contribution in [2.24, 2.45) is 0 Å². The van der Waals surface area contributed by atoms with Gasteiger partial charge in [-0.05, 0) is 56.2 Å². The molecule has 1 saturated heterocycles. The second kappa shape index (κ2) is 9.94. The molecule has 2 aromatic heterocycles. The fourth-order valence-corrected chi connectivity index (χ4v) is 3.55. The van der Waals surface area contributed by atoms with Crippen LogP contribution in [0.2, 0.25) is 0 Å². The zero-order valence-corrected chi connectivity index (χ0v) is 18.8. The highest BCUT2D eigenvalue weighted by Gasteiger charge is 2.33. The van der Waals surface area contributed by atoms with E-state index in [-0.39, 0.29) is 25.9 Å². The van der Waals surface area contributed by atoms with Crippen molar-refractivity contribution in [2.75, 3.05) is 13.1 Å². The Bertz CT molecular complexity index is 1060. The summed E-state index contributed by atoms with van der Waals surface area (Å²) in [6.07, 6.45) is 4.21. The molecule has 5 nitrogen and oxygen atoms in total. The van der Waals surface area contributed by atoms with Crippen LogP contribution in [0.1, 0.15) is 37.8 Å². The first-order valence-corrected chi connectivity index (χ1v) is 10.8. The maximum Gasteiger partial charge on any atom is 0.251 e. The third-order valence-electron chi connectivity index (χ3n) is 5.30. The van der Waals surface area contributed by atoms with Crippen LogP contribution in [0.25, 0.3) is 22.4 Å². The van der Waals surface area contributed by atoms with Crippen LogP contribution >= 0.6 is 0 Å². The molecular weight excluding hydrogens is 410 g/mol. The number of rotatable bonds is 5. The van der Waals surface area contributed by atoms with Gasteiger partial charge in [0, 0.05) is 61.1 Å². The van der Waals surface area contributed by atoms with Crippen LogP contribution in [0.5, 0.6) is 0 Å². The van der Waals surface area contributed by atoms with Gasteiger partial charge in [0.1, 0.15) is 5.65 Å². The van der Waals surface area contributed by atoms with Crippen molar-refractivity contribution in [3.05, 3.63) is 66.5 Å². The number of hydrogen-bond acceptors (Lipinski definition) is 3. The first kappa shape index (κ1) is 23.4. The summed E-state index contributed by atoms with van der Waals surface area (Å²) < 4.78 is 26.9. The van der Waals surface area contributed by atoms with E-state index in [0.717, 1.165) is 28.0 Å². The molecule has 170 valence electrons. The number of nitrogens with zero attached hydrogens (tertiary/aromatic N) is 3. The van der Waals surface area contributed by atoms with Crippen LogP contribution < -0.4 is 5.32 Å². The first-order valence-electron chi connectivity index (χ1n) is 10.8. The van der Waals surface area contributed by atoms with Crippen molar-refractivity contribution in [3.8, 4) is 5.69 Å². The van der Waals surface area contributed by atoms with Crippen LogP contribution in [-0.4, -0.2) is 45.9 Å². The highest BCUT2D eigenvalue weighted by molar-refractivity contribution is 5.78. The van der Waals surface area contributed by atoms with Crippen LogP contribution in [0.15, 0.2) is 55.4 Å². The molecule has 1 amide bonds. The number of fused-ring (bicyclic) bond motifs is 1. The Morgan fingerprint density at radius 3 is 2.44 bits per heavy atom. The highest BCUT2D eigenvalue weighted by atomic mass is 19.3. The molecule has 7 heteroatoms. The van der Waals surface area contributed by atoms with Gasteiger partial charge in [-0.15, -0.1) is 0 Å². The Kier molecular flexibility index (Phi) is 7.28. The van der Waals surface area contributed by atoms with Crippen molar-refractivity contribution < 1.29 is 13.6 Å². The molecule has 0 atom stereocenters. The average molecular weight is 441 g/mol. The molecule has 1 N–H and O–H groups in total. The van der Waals surface area contributed by atoms with E-state index < -0.39 is 5.92 Å². The molecule has 1 fully saturated rings. The molecule has 0 aliphatic carbocycles. The molecule has 1 aliphatic heterocycles. The van der Waals surface area contributed by atoms with Crippen molar-refractivity contribution >= 4 is 23.1 Å². The Hall–Kier alpha value is -3.22. The molecule has 0 spiro atoms. The van der Waals surface area contributed by atoms with E-state index in [4.69, 9.17) is 0 Å². The van der Waals surface area contributed by atoms with Gasteiger partial charge in [-0.3, -0.25) is 4.79 Å². The van der Waals surface area contributed by atoms with Gasteiger partial charge < -0.3 is 14.8 Å². The van der Waals surface area contributed by atoms with Crippen LogP contribution in [0, 0.1) is 6.92 Å². The molecule has 3 aromatic rings. The number of hydrogen-bond donors (Lipinski definition) is 1. The maximum atomic E-state index is 12.4. The molecule has 32 heavy (non-hydrogen) atoms. The molecule has 0 radical (unpaired) electrons. The predicted molar refractivity (Wildman–Crippen MR) is 125 cm³/mol. The summed E-state index contributed by atoms with van der Waals surface area (Å²) in [4.78, 5) is 16.0. The monoisotopic (exact) mass is 440 g/mol. The lowest BCUT2D eigenvalue weighted by Gasteiger charge is -2.28. The van der Waals surface area contributed by atoms with Gasteiger partial charge in [0.2, 0.25) is 6.41 Å². The minimum absolute atomic E-state index is 0.189. The number of nitrogens with one attached hydrogen (secondary N) is 1. The molecule has 0 bridgehead atoms. The lowest BCUT2D eigenvalue weighted by molar-refractivity contribution is -0.124. The van der Waals surface area contributed by atoms with Crippen molar-refractivity contribution in [1.82, 2.24) is 19.8 Å². The summed E-state index contributed by atoms with van der Waals surface area (Å²) in [5.41, 5.74) is 5.33. The minimum Gasteiger partial charge on any atom is -0.383 e. The maximum absolute atomic E-state index is 12.4. The van der Waals surface area contributed by atoms with E-state index in [9.17, 15) is 13.6 Å². The lowest BCUT2D eigenvalue weighted by Crippen LogP contribution is -2.38. The quantitative estimate of drug-likeness (QED) is 0.557. The largest absolute Gasteiger partial charge is 0.383 e. The summed E-state index contributed by atoms with van der Waals surface area (Å²) in [7, 11) is 0. The van der Waals surface area contributed by atoms with Gasteiger partial charge in [0.15, 0.2) is 0 Å². The fraction of sp³-hybridized carbons (Fsp3) is 0.360. The van der Waals surface area contributed by atoms with E-state index in [1.165, 1.54) is 10.5 Å². The van der Waals surface area contributed by atoms with Gasteiger partial charge in [0.25, 0.3) is 5.92 Å². The zero-order valence-electron chi connectivity index (χ0n) is 18.8. The number of carbonyl (C=O) groups is 1. The summed E-state index contributed by atoms with van der Waals surface area (Å²) >= 11 is 0. The SMILES string of the molecule is C=C(NC(C)C)c1ccc(-n2ccc3cc(C)cnc32)cc1.O=CN1CCC(F)(F)CC1. The average Bonchev–Trinajstić information content (AvgIpc) is 3.17. The van der Waals surface area contributed by atoms with Gasteiger partial charge >= 0.3 is 0 Å². The third kappa shape index (κ3) is 5.93. The van der Waals surface area contributed by atoms with E-state index in [0.29, 0.717) is 12.5 Å². The summed E-state index contributed by atoms with van der Waals surface area (Å²) in [5.74, 6) is -2.54. The second-order valence-corrected chi connectivity index (χ2v) is 8.43. The number of benzene rings is 1. The van der Waals surface area contributed by atoms with Crippen LogP contribution in [-0.2, 0) is 4.79 Å².